The van der Waals surface area contributed by atoms with Crippen molar-refractivity contribution in [2.75, 3.05) is 0 Å². The molecule has 0 bridgehead atoms. The van der Waals surface area contributed by atoms with Gasteiger partial charge < -0.3 is 9.64 Å². The number of ether oxygens (including phenoxy) is 1. The van der Waals surface area contributed by atoms with Crippen LogP contribution in [0, 0.1) is 0 Å². The van der Waals surface area contributed by atoms with Gasteiger partial charge in [-0.05, 0) is 11.6 Å². The van der Waals surface area contributed by atoms with Crippen molar-refractivity contribution in [3.8, 4) is 0 Å². The SMILES string of the molecule is O=C1c2ccccc2C2(C/C(=C\Br)OC2=O)N1Cc1ccccc1. The van der Waals surface area contributed by atoms with Gasteiger partial charge in [-0.2, -0.15) is 0 Å². The van der Waals surface area contributed by atoms with Crippen molar-refractivity contribution < 1.29 is 14.3 Å². The Labute approximate surface area is 147 Å². The molecule has 2 aromatic rings. The Hall–Kier alpha value is -2.40. The molecule has 1 atom stereocenters. The monoisotopic (exact) mass is 383 g/mol. The molecule has 0 aliphatic carbocycles. The van der Waals surface area contributed by atoms with Crippen molar-refractivity contribution in [2.24, 2.45) is 0 Å². The van der Waals surface area contributed by atoms with Crippen molar-refractivity contribution in [2.45, 2.75) is 18.5 Å². The van der Waals surface area contributed by atoms with Crippen LogP contribution in [-0.2, 0) is 21.6 Å². The number of cyclic esters (lactones) is 1. The predicted molar refractivity (Wildman–Crippen MR) is 92.2 cm³/mol. The van der Waals surface area contributed by atoms with Crippen LogP contribution in [0.3, 0.4) is 0 Å². The van der Waals surface area contributed by atoms with E-state index in [2.05, 4.69) is 15.9 Å². The van der Waals surface area contributed by atoms with Crippen molar-refractivity contribution in [3.05, 3.63) is 82.0 Å². The number of fused-ring (bicyclic) bond motifs is 2. The summed E-state index contributed by atoms with van der Waals surface area (Å²) < 4.78 is 5.40. The standard InChI is InChI=1S/C19H14BrNO3/c20-11-14-10-19(18(23)24-14)16-9-5-4-8-15(16)17(22)21(19)12-13-6-2-1-3-7-13/h1-9,11H,10,12H2/b14-11+. The molecule has 24 heavy (non-hydrogen) atoms. The van der Waals surface area contributed by atoms with Crippen LogP contribution in [0.5, 0.6) is 0 Å². The van der Waals surface area contributed by atoms with E-state index < -0.39 is 11.5 Å². The van der Waals surface area contributed by atoms with Gasteiger partial charge in [-0.25, -0.2) is 4.79 Å². The number of carbonyl (C=O) groups is 2. The second kappa shape index (κ2) is 5.60. The third kappa shape index (κ3) is 2.04. The van der Waals surface area contributed by atoms with E-state index in [0.29, 0.717) is 24.3 Å². The number of esters is 1. The van der Waals surface area contributed by atoms with Gasteiger partial charge in [0.25, 0.3) is 5.91 Å². The highest BCUT2D eigenvalue weighted by Crippen LogP contribution is 2.49. The Balaban J connectivity index is 1.86. The first kappa shape index (κ1) is 15.1. The lowest BCUT2D eigenvalue weighted by molar-refractivity contribution is -0.145. The highest BCUT2D eigenvalue weighted by atomic mass is 79.9. The third-order valence-electron chi connectivity index (χ3n) is 4.61. The number of nitrogens with zero attached hydrogens (tertiary/aromatic N) is 1. The number of benzene rings is 2. The summed E-state index contributed by atoms with van der Waals surface area (Å²) >= 11 is 3.23. The van der Waals surface area contributed by atoms with Gasteiger partial charge in [0.1, 0.15) is 5.76 Å². The maximum atomic E-state index is 13.0. The van der Waals surface area contributed by atoms with Crippen LogP contribution in [0.1, 0.15) is 27.9 Å². The van der Waals surface area contributed by atoms with E-state index in [1.54, 1.807) is 16.0 Å². The third-order valence-corrected chi connectivity index (χ3v) is 5.12. The van der Waals surface area contributed by atoms with E-state index in [9.17, 15) is 9.59 Å². The lowest BCUT2D eigenvalue weighted by Crippen LogP contribution is -2.46. The van der Waals surface area contributed by atoms with E-state index in [-0.39, 0.29) is 5.91 Å². The molecule has 2 aliphatic rings. The van der Waals surface area contributed by atoms with Crippen LogP contribution < -0.4 is 0 Å². The number of hydrogen-bond donors (Lipinski definition) is 0. The summed E-state index contributed by atoms with van der Waals surface area (Å²) in [6.45, 7) is 0.360. The van der Waals surface area contributed by atoms with Gasteiger partial charge in [-0.3, -0.25) is 4.79 Å². The van der Waals surface area contributed by atoms with Gasteiger partial charge in [0.15, 0.2) is 5.54 Å². The van der Waals surface area contributed by atoms with Gasteiger partial charge in [0.05, 0.1) is 0 Å². The number of hydrogen-bond acceptors (Lipinski definition) is 3. The van der Waals surface area contributed by atoms with E-state index in [1.807, 2.05) is 48.5 Å². The Bertz CT molecular complexity index is 862. The molecular weight excluding hydrogens is 370 g/mol. The first-order valence-electron chi connectivity index (χ1n) is 7.64. The Morgan fingerprint density at radius 3 is 2.50 bits per heavy atom. The fourth-order valence-electron chi connectivity index (χ4n) is 3.50. The molecule has 1 unspecified atom stereocenters. The summed E-state index contributed by atoms with van der Waals surface area (Å²) in [7, 11) is 0. The Morgan fingerprint density at radius 2 is 1.79 bits per heavy atom. The van der Waals surface area contributed by atoms with Crippen molar-refractivity contribution in [1.29, 1.82) is 0 Å². The highest BCUT2D eigenvalue weighted by Gasteiger charge is 2.60. The van der Waals surface area contributed by atoms with Gasteiger partial charge in [0.2, 0.25) is 0 Å². The fourth-order valence-corrected chi connectivity index (χ4v) is 3.76. The molecule has 5 heteroatoms. The van der Waals surface area contributed by atoms with E-state index in [0.717, 1.165) is 11.1 Å². The van der Waals surface area contributed by atoms with Gasteiger partial charge in [-0.1, -0.05) is 64.5 Å². The van der Waals surface area contributed by atoms with Crippen molar-refractivity contribution >= 4 is 27.8 Å². The number of halogens is 1. The molecule has 2 heterocycles. The first-order chi connectivity index (χ1) is 11.7. The summed E-state index contributed by atoms with van der Waals surface area (Å²) in [5.41, 5.74) is 1.19. The zero-order valence-electron chi connectivity index (χ0n) is 12.7. The maximum absolute atomic E-state index is 13.0. The van der Waals surface area contributed by atoms with Crippen LogP contribution in [0.4, 0.5) is 0 Å². The second-order valence-corrected chi connectivity index (χ2v) is 6.38. The van der Waals surface area contributed by atoms with E-state index >= 15 is 0 Å². The highest BCUT2D eigenvalue weighted by molar-refractivity contribution is 9.11. The van der Waals surface area contributed by atoms with Crippen LogP contribution in [0.15, 0.2) is 65.3 Å². The molecule has 120 valence electrons. The first-order valence-corrected chi connectivity index (χ1v) is 8.55. The minimum atomic E-state index is -1.08. The minimum Gasteiger partial charge on any atom is -0.428 e. The van der Waals surface area contributed by atoms with Crippen molar-refractivity contribution in [3.63, 3.8) is 0 Å². The molecule has 0 radical (unpaired) electrons. The Morgan fingerprint density at radius 1 is 1.08 bits per heavy atom. The summed E-state index contributed by atoms with van der Waals surface area (Å²) in [5.74, 6) is -0.00720. The largest absolute Gasteiger partial charge is 0.428 e. The molecule has 1 amide bonds. The molecule has 2 aromatic carbocycles. The van der Waals surface area contributed by atoms with E-state index in [4.69, 9.17) is 4.74 Å². The molecule has 1 saturated heterocycles. The molecule has 0 N–H and O–H groups in total. The van der Waals surface area contributed by atoms with Crippen LogP contribution >= 0.6 is 15.9 Å². The summed E-state index contributed by atoms with van der Waals surface area (Å²) in [6.07, 6.45) is 0.340. The summed E-state index contributed by atoms with van der Waals surface area (Å²) in [6, 6.07) is 17.0. The maximum Gasteiger partial charge on any atom is 0.342 e. The molecule has 0 aromatic heterocycles. The van der Waals surface area contributed by atoms with Gasteiger partial charge in [0, 0.05) is 29.1 Å². The lowest BCUT2D eigenvalue weighted by Gasteiger charge is -2.31. The number of carbonyl (C=O) groups excluding carboxylic acids is 2. The lowest BCUT2D eigenvalue weighted by atomic mass is 9.87. The van der Waals surface area contributed by atoms with Crippen molar-refractivity contribution in [1.82, 2.24) is 4.90 Å². The van der Waals surface area contributed by atoms with E-state index in [1.165, 1.54) is 0 Å². The van der Waals surface area contributed by atoms with Crippen LogP contribution in [0.25, 0.3) is 0 Å². The smallest absolute Gasteiger partial charge is 0.342 e. The predicted octanol–water partition coefficient (Wildman–Crippen LogP) is 3.72. The van der Waals surface area contributed by atoms with Crippen LogP contribution in [-0.4, -0.2) is 16.8 Å². The topological polar surface area (TPSA) is 46.6 Å². The molecule has 2 aliphatic heterocycles. The van der Waals surface area contributed by atoms with Gasteiger partial charge in [-0.15, -0.1) is 0 Å². The normalized spacial score (nSPS) is 23.9. The molecule has 1 fully saturated rings. The number of amides is 1. The average Bonchev–Trinajstić information content (AvgIpc) is 3.08. The zero-order chi connectivity index (χ0) is 16.7. The average molecular weight is 384 g/mol. The summed E-state index contributed by atoms with van der Waals surface area (Å²) in [5, 5.41) is 0. The molecule has 4 nitrogen and oxygen atoms in total. The quantitative estimate of drug-likeness (QED) is 0.742. The molecule has 4 rings (SSSR count). The summed E-state index contributed by atoms with van der Waals surface area (Å²) in [4.78, 5) is 29.0. The fraction of sp³-hybridized carbons (Fsp3) is 0.158. The zero-order valence-corrected chi connectivity index (χ0v) is 14.3. The minimum absolute atomic E-state index is 0.137. The molecular formula is C19H14BrNO3. The number of rotatable bonds is 2. The molecule has 1 spiro atoms. The van der Waals surface area contributed by atoms with Crippen LogP contribution in [0.2, 0.25) is 0 Å². The second-order valence-electron chi connectivity index (χ2n) is 5.92. The molecule has 0 saturated carbocycles. The van der Waals surface area contributed by atoms with Gasteiger partial charge >= 0.3 is 5.97 Å². The Kier molecular flexibility index (Phi) is 3.53.